The van der Waals surface area contributed by atoms with Gasteiger partial charge in [0, 0.05) is 25.2 Å². The summed E-state index contributed by atoms with van der Waals surface area (Å²) < 4.78 is 1.50. The summed E-state index contributed by atoms with van der Waals surface area (Å²) in [6, 6.07) is 16.1. The maximum Gasteiger partial charge on any atom is 0.358 e. The van der Waals surface area contributed by atoms with Gasteiger partial charge in [-0.3, -0.25) is 0 Å². The van der Waals surface area contributed by atoms with Crippen LogP contribution in [0.3, 0.4) is 0 Å². The summed E-state index contributed by atoms with van der Waals surface area (Å²) in [5.74, 6) is 0.203. The molecule has 2 heterocycles. The highest BCUT2D eigenvalue weighted by Gasteiger charge is 2.25. The molecule has 0 aliphatic carbocycles. The third-order valence-electron chi connectivity index (χ3n) is 5.69. The van der Waals surface area contributed by atoms with Gasteiger partial charge >= 0.3 is 5.97 Å². The van der Waals surface area contributed by atoms with Gasteiger partial charge in [0.2, 0.25) is 5.82 Å². The molecule has 0 spiro atoms. The van der Waals surface area contributed by atoms with Gasteiger partial charge in [0.15, 0.2) is 11.5 Å². The fourth-order valence-corrected chi connectivity index (χ4v) is 4.02. The summed E-state index contributed by atoms with van der Waals surface area (Å²) in [7, 11) is 0. The van der Waals surface area contributed by atoms with E-state index in [2.05, 4.69) is 62.1 Å². The molecule has 2 aromatic carbocycles. The lowest BCUT2D eigenvalue weighted by molar-refractivity contribution is 0.0683. The molecule has 10 nitrogen and oxygen atoms in total. The zero-order chi connectivity index (χ0) is 24.8. The minimum Gasteiger partial charge on any atom is -0.476 e. The number of anilines is 1. The van der Waals surface area contributed by atoms with Crippen molar-refractivity contribution >= 4 is 11.8 Å². The van der Waals surface area contributed by atoms with Crippen LogP contribution in [0.15, 0.2) is 48.5 Å². The summed E-state index contributed by atoms with van der Waals surface area (Å²) in [5, 5.41) is 32.8. The number of tetrazole rings is 1. The maximum atomic E-state index is 12.1. The number of aromatic nitrogens is 7. The lowest BCUT2D eigenvalue weighted by Crippen LogP contribution is -2.27. The molecule has 0 fully saturated rings. The Labute approximate surface area is 204 Å². The number of carboxylic acids is 1. The molecule has 0 radical (unpaired) electrons. The molecule has 0 unspecified atom stereocenters. The maximum absolute atomic E-state index is 12.1. The number of aromatic amines is 1. The van der Waals surface area contributed by atoms with E-state index in [0.29, 0.717) is 31.3 Å². The third kappa shape index (κ3) is 5.53. The lowest BCUT2D eigenvalue weighted by Gasteiger charge is -2.23. The Bertz CT molecular complexity index is 1250. The van der Waals surface area contributed by atoms with Crippen LogP contribution in [0.5, 0.6) is 0 Å². The summed E-state index contributed by atoms with van der Waals surface area (Å²) in [5.41, 5.74) is 4.12. The molecule has 0 atom stereocenters. The average molecular weight is 475 g/mol. The number of carboxylic acid groups (broad SMARTS) is 1. The Hall–Kier alpha value is -4.08. The highest BCUT2D eigenvalue weighted by atomic mass is 16.4. The van der Waals surface area contributed by atoms with Crippen LogP contribution in [-0.2, 0) is 13.1 Å². The van der Waals surface area contributed by atoms with E-state index >= 15 is 0 Å². The van der Waals surface area contributed by atoms with Gasteiger partial charge in [-0.25, -0.2) is 9.48 Å². The number of carbonyl (C=O) groups is 1. The number of rotatable bonds is 11. The fourth-order valence-electron chi connectivity index (χ4n) is 4.02. The van der Waals surface area contributed by atoms with Crippen LogP contribution in [0.4, 0.5) is 5.82 Å². The van der Waals surface area contributed by atoms with E-state index in [4.69, 9.17) is 0 Å². The number of benzene rings is 2. The first-order chi connectivity index (χ1) is 17.0. The Morgan fingerprint density at radius 2 is 1.83 bits per heavy atom. The number of aromatic carboxylic acids is 1. The zero-order valence-electron chi connectivity index (χ0n) is 20.2. The van der Waals surface area contributed by atoms with Gasteiger partial charge in [0.1, 0.15) is 0 Å². The second-order valence-electron chi connectivity index (χ2n) is 8.90. The van der Waals surface area contributed by atoms with E-state index in [-0.39, 0.29) is 11.6 Å². The number of nitrogens with one attached hydrogen (secondary N) is 1. The lowest BCUT2D eigenvalue weighted by atomic mass is 9.98. The number of unbranched alkanes of at least 4 members (excludes halogenated alkanes) is 1. The molecule has 182 valence electrons. The summed E-state index contributed by atoms with van der Waals surface area (Å²) in [6.07, 6.45) is 1.91. The topological polar surface area (TPSA) is 126 Å². The standard InChI is InChI=1S/C25H30N8O2/c1-4-5-14-32(24-22(25(34)35)33(31-28-24)15-17(2)3)16-18-10-12-19(13-11-18)20-8-6-7-9-21(20)23-26-29-30-27-23/h6-13,17H,4-5,14-16H2,1-3H3,(H,34,35)(H,26,27,29,30). The summed E-state index contributed by atoms with van der Waals surface area (Å²) in [4.78, 5) is 14.1. The first-order valence-electron chi connectivity index (χ1n) is 11.8. The highest BCUT2D eigenvalue weighted by Crippen LogP contribution is 2.30. The van der Waals surface area contributed by atoms with Crippen molar-refractivity contribution in [1.82, 2.24) is 35.6 Å². The molecule has 0 saturated carbocycles. The van der Waals surface area contributed by atoms with Crippen LogP contribution in [0.25, 0.3) is 22.5 Å². The summed E-state index contributed by atoms with van der Waals surface area (Å²) >= 11 is 0. The molecular formula is C25H30N8O2. The molecular weight excluding hydrogens is 444 g/mol. The second-order valence-corrected chi connectivity index (χ2v) is 8.90. The molecule has 0 bridgehead atoms. The van der Waals surface area contributed by atoms with Gasteiger partial charge in [-0.1, -0.05) is 80.9 Å². The minimum absolute atomic E-state index is 0.139. The van der Waals surface area contributed by atoms with E-state index in [0.717, 1.165) is 35.1 Å². The van der Waals surface area contributed by atoms with Gasteiger partial charge < -0.3 is 10.0 Å². The van der Waals surface area contributed by atoms with Crippen LogP contribution < -0.4 is 4.90 Å². The van der Waals surface area contributed by atoms with Crippen LogP contribution in [0, 0.1) is 5.92 Å². The van der Waals surface area contributed by atoms with E-state index in [1.165, 1.54) is 4.68 Å². The second kappa shape index (κ2) is 10.9. The van der Waals surface area contributed by atoms with Crippen LogP contribution in [-0.4, -0.2) is 53.2 Å². The molecule has 10 heteroatoms. The molecule has 4 rings (SSSR count). The normalized spacial score (nSPS) is 11.2. The third-order valence-corrected chi connectivity index (χ3v) is 5.69. The number of H-pyrrole nitrogens is 1. The predicted octanol–water partition coefficient (Wildman–Crippen LogP) is 4.29. The number of nitrogens with zero attached hydrogens (tertiary/aromatic N) is 7. The van der Waals surface area contributed by atoms with Gasteiger partial charge in [0.25, 0.3) is 0 Å². The Balaban J connectivity index is 1.61. The van der Waals surface area contributed by atoms with Gasteiger partial charge in [-0.05, 0) is 34.2 Å². The fraction of sp³-hybridized carbons (Fsp3) is 0.360. The van der Waals surface area contributed by atoms with Crippen LogP contribution in [0.1, 0.15) is 49.7 Å². The molecule has 0 saturated heterocycles. The molecule has 0 aliphatic heterocycles. The van der Waals surface area contributed by atoms with Crippen molar-refractivity contribution in [3.05, 3.63) is 59.8 Å². The largest absolute Gasteiger partial charge is 0.476 e. The quantitative estimate of drug-likeness (QED) is 0.330. The monoisotopic (exact) mass is 474 g/mol. The van der Waals surface area contributed by atoms with E-state index < -0.39 is 5.97 Å². The minimum atomic E-state index is -1.01. The molecule has 2 N–H and O–H groups in total. The van der Waals surface area contributed by atoms with E-state index in [1.54, 1.807) is 0 Å². The molecule has 0 aliphatic rings. The van der Waals surface area contributed by atoms with Gasteiger partial charge in [-0.2, -0.15) is 5.21 Å². The van der Waals surface area contributed by atoms with Crippen molar-refractivity contribution in [2.75, 3.05) is 11.4 Å². The van der Waals surface area contributed by atoms with Crippen LogP contribution in [0.2, 0.25) is 0 Å². The number of hydrogen-bond donors (Lipinski definition) is 2. The van der Waals surface area contributed by atoms with Crippen molar-refractivity contribution in [2.24, 2.45) is 5.92 Å². The zero-order valence-corrected chi connectivity index (χ0v) is 20.2. The van der Waals surface area contributed by atoms with Crippen molar-refractivity contribution < 1.29 is 9.90 Å². The Morgan fingerprint density at radius 1 is 1.09 bits per heavy atom. The van der Waals surface area contributed by atoms with Crippen molar-refractivity contribution in [3.8, 4) is 22.5 Å². The molecule has 4 aromatic rings. The molecule has 35 heavy (non-hydrogen) atoms. The first-order valence-corrected chi connectivity index (χ1v) is 11.8. The number of hydrogen-bond acceptors (Lipinski definition) is 7. The van der Waals surface area contributed by atoms with E-state index in [1.807, 2.05) is 43.0 Å². The average Bonchev–Trinajstić information content (AvgIpc) is 3.52. The summed E-state index contributed by atoms with van der Waals surface area (Å²) in [6.45, 7) is 7.90. The Kier molecular flexibility index (Phi) is 7.49. The Morgan fingerprint density at radius 3 is 2.46 bits per heavy atom. The smallest absolute Gasteiger partial charge is 0.358 e. The molecule has 2 aromatic heterocycles. The van der Waals surface area contributed by atoms with Crippen molar-refractivity contribution in [2.45, 2.75) is 46.7 Å². The highest BCUT2D eigenvalue weighted by molar-refractivity contribution is 5.91. The van der Waals surface area contributed by atoms with Crippen molar-refractivity contribution in [1.29, 1.82) is 0 Å². The van der Waals surface area contributed by atoms with Gasteiger partial charge in [-0.15, -0.1) is 15.3 Å². The predicted molar refractivity (Wildman–Crippen MR) is 133 cm³/mol. The molecule has 0 amide bonds. The van der Waals surface area contributed by atoms with Crippen molar-refractivity contribution in [3.63, 3.8) is 0 Å². The first kappa shape index (κ1) is 24.1. The van der Waals surface area contributed by atoms with E-state index in [9.17, 15) is 9.90 Å². The van der Waals surface area contributed by atoms with Crippen LogP contribution >= 0.6 is 0 Å². The van der Waals surface area contributed by atoms with Gasteiger partial charge in [0.05, 0.1) is 0 Å². The SMILES string of the molecule is CCCCN(Cc1ccc(-c2ccccc2-c2nn[nH]n2)cc1)c1nnn(CC(C)C)c1C(=O)O.